The van der Waals surface area contributed by atoms with Crippen LogP contribution in [0, 0.1) is 18.8 Å². The third kappa shape index (κ3) is 5.06. The van der Waals surface area contributed by atoms with E-state index in [2.05, 4.69) is 82.0 Å². The Morgan fingerprint density at radius 1 is 0.682 bits per heavy atom. The number of para-hydroxylation sites is 3. The molecule has 2 aromatic heterocycles. The summed E-state index contributed by atoms with van der Waals surface area (Å²) in [5.41, 5.74) is 7.13. The van der Waals surface area contributed by atoms with Crippen LogP contribution in [0.4, 0.5) is 28.6 Å². The van der Waals surface area contributed by atoms with E-state index in [9.17, 15) is 0 Å². The van der Waals surface area contributed by atoms with Crippen molar-refractivity contribution in [3.63, 3.8) is 0 Å². The van der Waals surface area contributed by atoms with E-state index in [1.165, 1.54) is 0 Å². The Labute approximate surface area is 270 Å². The summed E-state index contributed by atoms with van der Waals surface area (Å²) in [5.74, 6) is 0.769. The molecule has 0 radical (unpaired) electrons. The van der Waals surface area contributed by atoms with E-state index < -0.39 is 0 Å². The summed E-state index contributed by atoms with van der Waals surface area (Å²) in [6, 6.07) is 51.9. The Kier molecular flexibility index (Phi) is 7.47. The van der Waals surface area contributed by atoms with Gasteiger partial charge >= 0.3 is 0 Å². The minimum absolute atomic E-state index is 0. The smallest absolute Gasteiger partial charge is 0.126 e. The number of furan rings is 1. The van der Waals surface area contributed by atoms with Crippen molar-refractivity contribution in [2.75, 3.05) is 14.7 Å². The molecule has 0 fully saturated rings. The monoisotopic (exact) mass is 748 g/mol. The minimum atomic E-state index is 0. The molecular weight excluding hydrogens is 724 g/mol. The second-order valence-electron chi connectivity index (χ2n) is 10.2. The van der Waals surface area contributed by atoms with Crippen LogP contribution < -0.4 is 14.7 Å². The number of pyridine rings is 1. The van der Waals surface area contributed by atoms with E-state index in [1.54, 1.807) is 0 Å². The van der Waals surface area contributed by atoms with Crippen molar-refractivity contribution < 1.29 is 25.5 Å². The van der Waals surface area contributed by atoms with Gasteiger partial charge in [0.05, 0.1) is 5.58 Å². The summed E-state index contributed by atoms with van der Waals surface area (Å²) in [6.07, 6.45) is 4.09. The van der Waals surface area contributed by atoms with Crippen LogP contribution in [0.15, 0.2) is 150 Å². The van der Waals surface area contributed by atoms with Gasteiger partial charge in [0.15, 0.2) is 0 Å². The van der Waals surface area contributed by atoms with Crippen molar-refractivity contribution in [3.8, 4) is 11.3 Å². The van der Waals surface area contributed by atoms with Gasteiger partial charge in [-0.05, 0) is 54.5 Å². The molecule has 5 aromatic carbocycles. The average molecular weight is 749 g/mol. The summed E-state index contributed by atoms with van der Waals surface area (Å²) in [4.78, 5) is 11.5. The normalized spacial score (nSPS) is 12.5. The molecule has 0 unspecified atom stereocenters. The molecule has 0 N–H and O–H groups in total. The zero-order valence-corrected chi connectivity index (χ0v) is 25.7. The van der Waals surface area contributed by atoms with Crippen molar-refractivity contribution in [2.45, 2.75) is 0 Å². The number of fused-ring (bicyclic) bond motifs is 3. The molecule has 5 nitrogen and oxygen atoms in total. The van der Waals surface area contributed by atoms with Gasteiger partial charge in [0, 0.05) is 37.8 Å². The molecule has 1 aliphatic heterocycles. The standard InChI is InChI=1S/C38H25N4O.Pt/c1-3-12-28(13-4-1)40-24-25-41(27-40)30-16-9-17-31(26-30)42(29-14-5-2-6-15-29)37-23-11-21-35(39-37)34-20-10-19-33-32-18-7-8-22-36(32)43-38(33)34;/h1-19,21-25,27H;/q-3;. The summed E-state index contributed by atoms with van der Waals surface area (Å²) < 4.78 is 6.31. The Morgan fingerprint density at radius 2 is 1.43 bits per heavy atom. The molecule has 1 aliphatic rings. The Hall–Kier alpha value is -5.12. The SMILES string of the molecule is [Pt].[c-]1c(N2C=CN(c3ccccc3)[CH-]2)cccc1N(c1ccccc1)c1cccc(-c2[c-]ccc3c2oc2ccccc23)n1. The Balaban J connectivity index is 0.00000312. The van der Waals surface area contributed by atoms with E-state index in [0.717, 1.165) is 61.8 Å². The zero-order valence-electron chi connectivity index (χ0n) is 23.4. The largest absolute Gasteiger partial charge is 0.501 e. The van der Waals surface area contributed by atoms with Crippen molar-refractivity contribution in [2.24, 2.45) is 0 Å². The summed E-state index contributed by atoms with van der Waals surface area (Å²) in [5, 5.41) is 2.14. The van der Waals surface area contributed by atoms with Crippen LogP contribution in [-0.4, -0.2) is 4.98 Å². The number of benzene rings is 5. The van der Waals surface area contributed by atoms with Gasteiger partial charge < -0.3 is 19.1 Å². The number of rotatable bonds is 6. The van der Waals surface area contributed by atoms with E-state index in [1.807, 2.05) is 97.3 Å². The van der Waals surface area contributed by atoms with Crippen LogP contribution >= 0.6 is 0 Å². The number of hydrogen-bond acceptors (Lipinski definition) is 5. The number of nitrogens with zero attached hydrogens (tertiary/aromatic N) is 4. The van der Waals surface area contributed by atoms with Crippen LogP contribution in [0.1, 0.15) is 0 Å². The van der Waals surface area contributed by atoms with E-state index >= 15 is 0 Å². The van der Waals surface area contributed by atoms with Gasteiger partial charge in [-0.2, -0.15) is 6.07 Å². The minimum Gasteiger partial charge on any atom is -0.501 e. The van der Waals surface area contributed by atoms with Gasteiger partial charge in [-0.1, -0.05) is 83.4 Å². The van der Waals surface area contributed by atoms with Crippen molar-refractivity contribution in [3.05, 3.63) is 165 Å². The van der Waals surface area contributed by atoms with Crippen molar-refractivity contribution >= 4 is 50.5 Å². The first-order chi connectivity index (χ1) is 21.3. The van der Waals surface area contributed by atoms with Gasteiger partial charge in [0.1, 0.15) is 11.4 Å². The fourth-order valence-corrected chi connectivity index (χ4v) is 5.52. The van der Waals surface area contributed by atoms with Crippen LogP contribution in [0.25, 0.3) is 33.2 Å². The first-order valence-corrected chi connectivity index (χ1v) is 14.1. The number of hydrogen-bond donors (Lipinski definition) is 0. The summed E-state index contributed by atoms with van der Waals surface area (Å²) in [6.45, 7) is 2.06. The third-order valence-corrected chi connectivity index (χ3v) is 7.55. The van der Waals surface area contributed by atoms with E-state index in [-0.39, 0.29) is 21.1 Å². The molecule has 216 valence electrons. The van der Waals surface area contributed by atoms with Crippen LogP contribution in [0.3, 0.4) is 0 Å². The third-order valence-electron chi connectivity index (χ3n) is 7.55. The number of aromatic nitrogens is 1. The molecule has 6 heteroatoms. The first kappa shape index (κ1) is 27.7. The molecule has 0 saturated carbocycles. The van der Waals surface area contributed by atoms with Crippen LogP contribution in [0.2, 0.25) is 0 Å². The molecule has 0 aliphatic carbocycles. The fraction of sp³-hybridized carbons (Fsp3) is 0. The molecule has 0 atom stereocenters. The molecule has 3 heterocycles. The van der Waals surface area contributed by atoms with Gasteiger partial charge in [0.2, 0.25) is 0 Å². The van der Waals surface area contributed by atoms with Gasteiger partial charge in [-0.3, -0.25) is 4.98 Å². The van der Waals surface area contributed by atoms with E-state index in [0.29, 0.717) is 0 Å². The molecule has 8 rings (SSSR count). The molecule has 0 saturated heterocycles. The van der Waals surface area contributed by atoms with Crippen LogP contribution in [0.5, 0.6) is 0 Å². The molecular formula is C38H25N4OPt-3. The van der Waals surface area contributed by atoms with Crippen molar-refractivity contribution in [1.82, 2.24) is 4.98 Å². The quantitative estimate of drug-likeness (QED) is 0.158. The van der Waals surface area contributed by atoms with Gasteiger partial charge in [-0.15, -0.1) is 48.8 Å². The number of anilines is 5. The predicted octanol–water partition coefficient (Wildman–Crippen LogP) is 9.63. The second kappa shape index (κ2) is 11.9. The molecule has 0 amide bonds. The molecule has 0 spiro atoms. The zero-order chi connectivity index (χ0) is 28.6. The topological polar surface area (TPSA) is 35.8 Å². The molecule has 0 bridgehead atoms. The van der Waals surface area contributed by atoms with Crippen molar-refractivity contribution in [1.29, 1.82) is 0 Å². The fourth-order valence-electron chi connectivity index (χ4n) is 5.52. The molecule has 44 heavy (non-hydrogen) atoms. The Morgan fingerprint density at radius 3 is 2.30 bits per heavy atom. The predicted molar refractivity (Wildman–Crippen MR) is 174 cm³/mol. The summed E-state index contributed by atoms with van der Waals surface area (Å²) in [7, 11) is 0. The Bertz CT molecular complexity index is 2090. The van der Waals surface area contributed by atoms with Gasteiger partial charge in [0.25, 0.3) is 0 Å². The maximum Gasteiger partial charge on any atom is 0.126 e. The second-order valence-corrected chi connectivity index (χ2v) is 10.2. The maximum atomic E-state index is 6.31. The van der Waals surface area contributed by atoms with Crippen LogP contribution in [-0.2, 0) is 21.1 Å². The van der Waals surface area contributed by atoms with E-state index in [4.69, 9.17) is 9.40 Å². The maximum absolute atomic E-state index is 6.31. The summed E-state index contributed by atoms with van der Waals surface area (Å²) >= 11 is 0. The van der Waals surface area contributed by atoms with Gasteiger partial charge in [-0.25, -0.2) is 0 Å². The molecule has 7 aromatic rings. The first-order valence-electron chi connectivity index (χ1n) is 14.1. The average Bonchev–Trinajstić information content (AvgIpc) is 3.72.